The quantitative estimate of drug-likeness (QED) is 0.0256. The van der Waals surface area contributed by atoms with Crippen molar-refractivity contribution in [1.82, 2.24) is 20.9 Å². The van der Waals surface area contributed by atoms with E-state index in [2.05, 4.69) is 87.6 Å². The number of amidine groups is 1. The number of aliphatic hydroxyl groups is 1. The average molecular weight is 823 g/mol. The van der Waals surface area contributed by atoms with Crippen LogP contribution < -0.4 is 26.4 Å². The number of hydrogen-bond donors (Lipinski definition) is 7. The molecular weight excluding hydrogens is 741 g/mol. The van der Waals surface area contributed by atoms with Crippen LogP contribution in [0.3, 0.4) is 0 Å². The predicted molar refractivity (Wildman–Crippen MR) is 249 cm³/mol. The molecule has 3 rings (SSSR count). The molecule has 0 bridgehead atoms. The van der Waals surface area contributed by atoms with Crippen LogP contribution in [0.5, 0.6) is 5.75 Å². The Morgan fingerprint density at radius 1 is 0.983 bits per heavy atom. The molecule has 1 aromatic heterocycles. The monoisotopic (exact) mass is 823 g/mol. The minimum Gasteiger partial charge on any atom is -0.493 e. The number of aromatic nitrogens is 1. The summed E-state index contributed by atoms with van der Waals surface area (Å²) >= 11 is 0. The van der Waals surface area contributed by atoms with E-state index in [9.17, 15) is 14.4 Å². The van der Waals surface area contributed by atoms with Crippen LogP contribution in [0.2, 0.25) is 0 Å². The number of ether oxygens (including phenoxy) is 1. The summed E-state index contributed by atoms with van der Waals surface area (Å²) < 4.78 is 6.37. The zero-order chi connectivity index (χ0) is 45.6. The summed E-state index contributed by atoms with van der Waals surface area (Å²) in [5.41, 5.74) is 11.8. The maximum atomic E-state index is 13.4. The van der Waals surface area contributed by atoms with E-state index in [1.807, 2.05) is 72.0 Å². The molecule has 2 amide bonds. The number of fused-ring (bicyclic) bond motifs is 1. The molecule has 2 unspecified atom stereocenters. The first-order chi connectivity index (χ1) is 28.1. The van der Waals surface area contributed by atoms with Gasteiger partial charge in [0.15, 0.2) is 0 Å². The maximum Gasteiger partial charge on any atom is 0.243 e. The van der Waals surface area contributed by atoms with Gasteiger partial charge in [0.05, 0.1) is 25.5 Å². The number of nitrogens with two attached hydrogens (primary N) is 1. The van der Waals surface area contributed by atoms with Crippen LogP contribution in [0.15, 0.2) is 59.9 Å². The molecule has 0 fully saturated rings. The molecule has 8 N–H and O–H groups in total. The summed E-state index contributed by atoms with van der Waals surface area (Å²) in [5, 5.41) is 23.5. The molecule has 1 heterocycles. The number of allylic oxidation sites excluding steroid dienone is 2. The van der Waals surface area contributed by atoms with E-state index in [0.717, 1.165) is 59.9 Å². The van der Waals surface area contributed by atoms with E-state index in [0.29, 0.717) is 31.7 Å². The third-order valence-electron chi connectivity index (χ3n) is 9.94. The highest BCUT2D eigenvalue weighted by atomic mass is 16.5. The highest BCUT2D eigenvalue weighted by molar-refractivity contribution is 5.89. The number of carbonyl (C=O) groups excluding carboxylic acids is 3. The molecule has 0 spiro atoms. The van der Waals surface area contributed by atoms with Crippen molar-refractivity contribution in [1.29, 1.82) is 5.41 Å². The summed E-state index contributed by atoms with van der Waals surface area (Å²) in [5.74, 6) is 1.11. The van der Waals surface area contributed by atoms with Crippen LogP contribution >= 0.6 is 0 Å². The third kappa shape index (κ3) is 21.8. The van der Waals surface area contributed by atoms with Crippen LogP contribution in [-0.2, 0) is 26.2 Å². The van der Waals surface area contributed by atoms with Crippen LogP contribution in [0.1, 0.15) is 151 Å². The molecule has 59 heavy (non-hydrogen) atoms. The number of benzene rings is 2. The van der Waals surface area contributed by atoms with Gasteiger partial charge in [-0.15, -0.1) is 0 Å². The zero-order valence-electron chi connectivity index (χ0n) is 39.2. The smallest absolute Gasteiger partial charge is 0.243 e. The second-order valence-electron chi connectivity index (χ2n) is 15.3. The van der Waals surface area contributed by atoms with E-state index >= 15 is 0 Å². The lowest BCUT2D eigenvalue weighted by Crippen LogP contribution is -2.48. The van der Waals surface area contributed by atoms with Gasteiger partial charge in [0.25, 0.3) is 0 Å². The van der Waals surface area contributed by atoms with Gasteiger partial charge in [0, 0.05) is 42.2 Å². The van der Waals surface area contributed by atoms with E-state index in [1.165, 1.54) is 24.0 Å². The summed E-state index contributed by atoms with van der Waals surface area (Å²) in [7, 11) is 1.00. The van der Waals surface area contributed by atoms with Crippen molar-refractivity contribution < 1.29 is 24.2 Å². The van der Waals surface area contributed by atoms with Crippen molar-refractivity contribution >= 4 is 34.8 Å². The zero-order valence-corrected chi connectivity index (χ0v) is 39.2. The van der Waals surface area contributed by atoms with Crippen LogP contribution in [0.25, 0.3) is 10.9 Å². The summed E-state index contributed by atoms with van der Waals surface area (Å²) in [6.45, 7) is 27.7. The number of aldehydes is 1. The molecule has 11 nitrogen and oxygen atoms in total. The summed E-state index contributed by atoms with van der Waals surface area (Å²) in [6, 6.07) is 14.0. The van der Waals surface area contributed by atoms with Crippen LogP contribution in [-0.4, -0.2) is 66.9 Å². The van der Waals surface area contributed by atoms with E-state index in [-0.39, 0.29) is 36.2 Å². The topological polar surface area (TPSA) is 182 Å². The number of rotatable bonds is 20. The lowest BCUT2D eigenvalue weighted by molar-refractivity contribution is -0.127. The third-order valence-corrected chi connectivity index (χ3v) is 9.94. The Labute approximate surface area is 357 Å². The summed E-state index contributed by atoms with van der Waals surface area (Å²) in [6.07, 6.45) is 9.19. The molecule has 3 aromatic rings. The highest BCUT2D eigenvalue weighted by Gasteiger charge is 2.23. The average Bonchev–Trinajstić information content (AvgIpc) is 3.66. The molecule has 0 aliphatic carbocycles. The first kappa shape index (κ1) is 56.5. The number of H-pyrrole nitrogens is 1. The van der Waals surface area contributed by atoms with Crippen molar-refractivity contribution in [3.8, 4) is 5.75 Å². The van der Waals surface area contributed by atoms with Gasteiger partial charge in [0.1, 0.15) is 18.1 Å². The fourth-order valence-corrected chi connectivity index (χ4v) is 5.26. The minimum absolute atomic E-state index is 0.0879. The molecule has 0 saturated carbocycles. The molecule has 0 radical (unpaired) electrons. The van der Waals surface area contributed by atoms with Crippen molar-refractivity contribution in [3.63, 3.8) is 0 Å². The fourth-order valence-electron chi connectivity index (χ4n) is 5.26. The number of hydrogen-bond acceptors (Lipinski definition) is 7. The number of amides is 2. The van der Waals surface area contributed by atoms with Gasteiger partial charge in [-0.2, -0.15) is 0 Å². The van der Waals surface area contributed by atoms with Gasteiger partial charge in [0.2, 0.25) is 11.8 Å². The number of aliphatic hydroxyl groups excluding tert-OH is 1. The Morgan fingerprint density at radius 2 is 1.59 bits per heavy atom. The normalized spacial score (nSPS) is 11.3. The lowest BCUT2D eigenvalue weighted by Gasteiger charge is -2.26. The molecule has 0 aliphatic heterocycles. The van der Waals surface area contributed by atoms with Crippen molar-refractivity contribution in [2.75, 3.05) is 26.8 Å². The predicted octanol–water partition coefficient (Wildman–Crippen LogP) is 9.47. The Hall–Kier alpha value is -4.64. The molecule has 2 atom stereocenters. The van der Waals surface area contributed by atoms with Gasteiger partial charge in [-0.3, -0.25) is 15.0 Å². The minimum atomic E-state index is -0.611. The Kier molecular flexibility index (Phi) is 30.9. The SMILES string of the molecule is CC.CC(C)C(=N)N.CCC(C)c1cc(C(C)(C)CC)ccc1OCCCC(NC(Cc1c[nH]c2ccccc12)C(=O)NCC(=O)NCC=O)=C(C)C.CCCC.CO. The Balaban J connectivity index is 0. The van der Waals surface area contributed by atoms with Gasteiger partial charge in [-0.1, -0.05) is 125 Å². The molecule has 2 aromatic carbocycles. The first-order valence-corrected chi connectivity index (χ1v) is 21.6. The molecule has 11 heteroatoms. The van der Waals surface area contributed by atoms with Gasteiger partial charge < -0.3 is 41.3 Å². The van der Waals surface area contributed by atoms with Gasteiger partial charge in [-0.25, -0.2) is 0 Å². The van der Waals surface area contributed by atoms with Crippen molar-refractivity contribution in [2.45, 2.75) is 152 Å². The standard InChI is InChI=1S/C37H52N4O4.C4H10N2.C4H10.C2H6.CH4O/c1-8-26(5)30-22-28(37(6,7)9-2)16-17-34(30)45-20-12-15-31(25(3)4)41-33(36(44)40-24-35(43)38-18-19-42)21-27-23-39-32-14-11-10-13-29(27)32;1-3(2)4(5)6;1-3-4-2;2*1-2/h10-11,13-14,16-17,19,22-23,26,33,39,41H,8-9,12,15,18,20-21,24H2,1-7H3,(H,38,43)(H,40,44);3H,1-2H3,(H3,5,6);3-4H2,1-2H3;1-2H3;2H,1H3. The van der Waals surface area contributed by atoms with Crippen molar-refractivity contribution in [2.24, 2.45) is 11.7 Å². The summed E-state index contributed by atoms with van der Waals surface area (Å²) in [4.78, 5) is 39.4. The van der Waals surface area contributed by atoms with Crippen LogP contribution in [0, 0.1) is 11.3 Å². The number of nitrogens with one attached hydrogen (secondary N) is 5. The van der Waals surface area contributed by atoms with Crippen LogP contribution in [0.4, 0.5) is 0 Å². The number of aromatic amines is 1. The lowest BCUT2D eigenvalue weighted by atomic mass is 9.80. The molecular formula is C48H82N6O5. The second kappa shape index (κ2) is 32.2. The number of carbonyl (C=O) groups is 3. The first-order valence-electron chi connectivity index (χ1n) is 21.6. The molecule has 334 valence electrons. The maximum absolute atomic E-state index is 13.4. The van der Waals surface area contributed by atoms with Gasteiger partial charge >= 0.3 is 0 Å². The largest absolute Gasteiger partial charge is 0.493 e. The van der Waals surface area contributed by atoms with Gasteiger partial charge in [-0.05, 0) is 79.7 Å². The van der Waals surface area contributed by atoms with E-state index in [4.69, 9.17) is 21.0 Å². The number of unbranched alkanes of at least 4 members (excludes halogenated alkanes) is 1. The molecule has 0 saturated heterocycles. The molecule has 0 aliphatic rings. The number of para-hydroxylation sites is 1. The van der Waals surface area contributed by atoms with E-state index < -0.39 is 11.9 Å². The Bertz CT molecular complexity index is 1660. The van der Waals surface area contributed by atoms with E-state index in [1.54, 1.807) is 0 Å². The highest BCUT2D eigenvalue weighted by Crippen LogP contribution is 2.35. The van der Waals surface area contributed by atoms with Crippen molar-refractivity contribution in [3.05, 3.63) is 76.6 Å². The fraction of sp³-hybridized carbons (Fsp3) is 0.583. The Morgan fingerprint density at radius 3 is 2.12 bits per heavy atom. The second-order valence-corrected chi connectivity index (χ2v) is 15.3.